The molecule has 7 nitrogen and oxygen atoms in total. The van der Waals surface area contributed by atoms with Crippen molar-refractivity contribution in [1.82, 2.24) is 4.57 Å². The Kier molecular flexibility index (Phi) is 8.52. The van der Waals surface area contributed by atoms with E-state index >= 15 is 0 Å². The van der Waals surface area contributed by atoms with E-state index in [1.807, 2.05) is 69.3 Å². The fraction of sp³-hybridized carbons (Fsp3) is 0.367. The van der Waals surface area contributed by atoms with Crippen LogP contribution in [-0.2, 0) is 9.53 Å². The second kappa shape index (κ2) is 11.8. The number of benzene rings is 2. The number of carbonyl (C=O) groups is 1. The number of allylic oxidation sites excluding steroid dienone is 1. The van der Waals surface area contributed by atoms with Gasteiger partial charge >= 0.3 is 5.97 Å². The van der Waals surface area contributed by atoms with Gasteiger partial charge in [0.1, 0.15) is 0 Å². The lowest BCUT2D eigenvalue weighted by atomic mass is 9.95. The molecule has 0 radical (unpaired) electrons. The molecule has 200 valence electrons. The Hall–Kier alpha value is -3.65. The zero-order valence-corrected chi connectivity index (χ0v) is 23.6. The normalized spacial score (nSPS) is 16.1. The van der Waals surface area contributed by atoms with Gasteiger partial charge < -0.3 is 14.2 Å². The van der Waals surface area contributed by atoms with E-state index in [9.17, 15) is 9.59 Å². The Morgan fingerprint density at radius 3 is 2.47 bits per heavy atom. The number of nitrogens with zero attached hydrogens (tertiary/aromatic N) is 2. The van der Waals surface area contributed by atoms with Gasteiger partial charge in [-0.3, -0.25) is 9.36 Å². The molecule has 1 aliphatic heterocycles. The molecule has 0 amide bonds. The lowest BCUT2D eigenvalue weighted by Crippen LogP contribution is -2.39. The Morgan fingerprint density at radius 1 is 1.08 bits per heavy atom. The predicted molar refractivity (Wildman–Crippen MR) is 150 cm³/mol. The largest absolute Gasteiger partial charge is 0.490 e. The SMILES string of the molecule is CCOC(=O)C1=C(C)N=c2s/c(=C/c3ccc(O[C@@H](C)CC)c(OCC)c3)c(=O)n2[C@H]1c1ccc(C)cc1. The quantitative estimate of drug-likeness (QED) is 0.373. The summed E-state index contributed by atoms with van der Waals surface area (Å²) in [6, 6.07) is 12.9. The minimum absolute atomic E-state index is 0.0577. The zero-order valence-electron chi connectivity index (χ0n) is 22.7. The monoisotopic (exact) mass is 534 g/mol. The van der Waals surface area contributed by atoms with Gasteiger partial charge in [-0.1, -0.05) is 54.2 Å². The van der Waals surface area contributed by atoms with Gasteiger partial charge in [0.05, 0.1) is 41.2 Å². The van der Waals surface area contributed by atoms with Crippen LogP contribution >= 0.6 is 11.3 Å². The van der Waals surface area contributed by atoms with Crippen molar-refractivity contribution in [2.24, 2.45) is 4.99 Å². The summed E-state index contributed by atoms with van der Waals surface area (Å²) in [4.78, 5) is 32.0. The van der Waals surface area contributed by atoms with E-state index in [0.717, 1.165) is 23.1 Å². The standard InChI is InChI=1S/C30H34N2O5S/c1-7-19(5)37-23-15-12-21(16-24(23)35-8-2)17-25-28(33)32-27(22-13-10-18(4)11-14-22)26(29(34)36-9-3)20(6)31-30(32)38-25/h10-17,19,27H,7-9H2,1-6H3/b25-17+/t19-,27-/m0/s1. The van der Waals surface area contributed by atoms with E-state index in [-0.39, 0.29) is 18.3 Å². The summed E-state index contributed by atoms with van der Waals surface area (Å²) in [5.74, 6) is 0.841. The molecule has 2 atom stereocenters. The molecule has 2 heterocycles. The van der Waals surface area contributed by atoms with Crippen LogP contribution in [0.3, 0.4) is 0 Å². The van der Waals surface area contributed by atoms with E-state index in [1.54, 1.807) is 18.4 Å². The Bertz CT molecular complexity index is 1530. The molecule has 2 aromatic carbocycles. The maximum Gasteiger partial charge on any atom is 0.338 e. The van der Waals surface area contributed by atoms with Crippen LogP contribution in [0.4, 0.5) is 0 Å². The average molecular weight is 535 g/mol. The summed E-state index contributed by atoms with van der Waals surface area (Å²) in [5.41, 5.74) is 3.43. The summed E-state index contributed by atoms with van der Waals surface area (Å²) < 4.78 is 19.3. The van der Waals surface area contributed by atoms with Crippen LogP contribution in [0.2, 0.25) is 0 Å². The fourth-order valence-electron chi connectivity index (χ4n) is 4.29. The smallest absolute Gasteiger partial charge is 0.338 e. The minimum atomic E-state index is -0.627. The number of hydrogen-bond acceptors (Lipinski definition) is 7. The summed E-state index contributed by atoms with van der Waals surface area (Å²) in [7, 11) is 0. The molecular weight excluding hydrogens is 500 g/mol. The van der Waals surface area contributed by atoms with E-state index in [0.29, 0.717) is 38.7 Å². The zero-order chi connectivity index (χ0) is 27.4. The highest BCUT2D eigenvalue weighted by Crippen LogP contribution is 2.32. The molecule has 4 rings (SSSR count). The summed E-state index contributed by atoms with van der Waals surface area (Å²) in [6.07, 6.45) is 2.76. The molecular formula is C30H34N2O5S. The number of hydrogen-bond donors (Lipinski definition) is 0. The molecule has 1 aliphatic rings. The first kappa shape index (κ1) is 27.4. The number of carbonyl (C=O) groups excluding carboxylic acids is 1. The summed E-state index contributed by atoms with van der Waals surface area (Å²) >= 11 is 1.30. The topological polar surface area (TPSA) is 79.1 Å². The molecule has 0 saturated heterocycles. The van der Waals surface area contributed by atoms with Crippen molar-refractivity contribution in [2.75, 3.05) is 13.2 Å². The second-order valence-corrected chi connectivity index (χ2v) is 10.2. The van der Waals surface area contributed by atoms with E-state index < -0.39 is 12.0 Å². The average Bonchev–Trinajstić information content (AvgIpc) is 3.19. The third-order valence-electron chi connectivity index (χ3n) is 6.38. The number of fused-ring (bicyclic) bond motifs is 1. The molecule has 3 aromatic rings. The molecule has 0 bridgehead atoms. The molecule has 0 aliphatic carbocycles. The van der Waals surface area contributed by atoms with Crippen molar-refractivity contribution < 1.29 is 19.0 Å². The van der Waals surface area contributed by atoms with Gasteiger partial charge in [-0.2, -0.15) is 0 Å². The number of esters is 1. The van der Waals surface area contributed by atoms with Crippen molar-refractivity contribution in [1.29, 1.82) is 0 Å². The molecule has 0 unspecified atom stereocenters. The molecule has 0 spiro atoms. The number of aromatic nitrogens is 1. The van der Waals surface area contributed by atoms with Gasteiger partial charge in [0, 0.05) is 0 Å². The Morgan fingerprint density at radius 2 is 1.82 bits per heavy atom. The van der Waals surface area contributed by atoms with Crippen LogP contribution in [0.15, 0.2) is 63.5 Å². The number of aryl methyl sites for hydroxylation is 1. The first-order valence-electron chi connectivity index (χ1n) is 13.0. The van der Waals surface area contributed by atoms with Gasteiger partial charge in [0.15, 0.2) is 16.3 Å². The highest BCUT2D eigenvalue weighted by Gasteiger charge is 2.33. The van der Waals surface area contributed by atoms with E-state index in [1.165, 1.54) is 11.3 Å². The third-order valence-corrected chi connectivity index (χ3v) is 7.36. The summed E-state index contributed by atoms with van der Waals surface area (Å²) in [5, 5.41) is 0. The molecule has 38 heavy (non-hydrogen) atoms. The summed E-state index contributed by atoms with van der Waals surface area (Å²) in [6.45, 7) is 12.3. The molecule has 8 heteroatoms. The Labute approximate surface area is 226 Å². The molecule has 0 fully saturated rings. The lowest BCUT2D eigenvalue weighted by molar-refractivity contribution is -0.139. The van der Waals surface area contributed by atoms with Crippen LogP contribution in [0.25, 0.3) is 6.08 Å². The third kappa shape index (κ3) is 5.60. The van der Waals surface area contributed by atoms with Crippen LogP contribution in [0.5, 0.6) is 11.5 Å². The van der Waals surface area contributed by atoms with Crippen molar-refractivity contribution in [2.45, 2.75) is 60.1 Å². The predicted octanol–water partition coefficient (Wildman–Crippen LogP) is 4.68. The van der Waals surface area contributed by atoms with Crippen LogP contribution in [-0.4, -0.2) is 29.9 Å². The van der Waals surface area contributed by atoms with Crippen LogP contribution in [0.1, 0.15) is 63.8 Å². The van der Waals surface area contributed by atoms with Crippen molar-refractivity contribution in [3.63, 3.8) is 0 Å². The maximum atomic E-state index is 13.8. The van der Waals surface area contributed by atoms with E-state index in [2.05, 4.69) is 11.9 Å². The molecule has 0 saturated carbocycles. The van der Waals surface area contributed by atoms with Gasteiger partial charge in [0.25, 0.3) is 5.56 Å². The first-order chi connectivity index (χ1) is 18.3. The number of thiazole rings is 1. The van der Waals surface area contributed by atoms with Crippen molar-refractivity contribution in [3.05, 3.63) is 90.1 Å². The highest BCUT2D eigenvalue weighted by molar-refractivity contribution is 7.07. The Balaban J connectivity index is 1.85. The van der Waals surface area contributed by atoms with Gasteiger partial charge in [-0.15, -0.1) is 0 Å². The molecule has 0 N–H and O–H groups in total. The molecule has 1 aromatic heterocycles. The van der Waals surface area contributed by atoms with Gasteiger partial charge in [-0.05, 0) is 70.4 Å². The lowest BCUT2D eigenvalue weighted by Gasteiger charge is -2.24. The van der Waals surface area contributed by atoms with Crippen molar-refractivity contribution >= 4 is 23.4 Å². The highest BCUT2D eigenvalue weighted by atomic mass is 32.1. The van der Waals surface area contributed by atoms with Crippen molar-refractivity contribution in [3.8, 4) is 11.5 Å². The van der Waals surface area contributed by atoms with E-state index in [4.69, 9.17) is 14.2 Å². The fourth-order valence-corrected chi connectivity index (χ4v) is 5.33. The first-order valence-corrected chi connectivity index (χ1v) is 13.8. The van der Waals surface area contributed by atoms with Crippen LogP contribution in [0, 0.1) is 6.92 Å². The van der Waals surface area contributed by atoms with Crippen LogP contribution < -0.4 is 24.4 Å². The number of ether oxygens (including phenoxy) is 3. The minimum Gasteiger partial charge on any atom is -0.490 e. The van der Waals surface area contributed by atoms with Gasteiger partial charge in [-0.25, -0.2) is 9.79 Å². The second-order valence-electron chi connectivity index (χ2n) is 9.19. The number of rotatable bonds is 9. The van der Waals surface area contributed by atoms with Gasteiger partial charge in [0.2, 0.25) is 0 Å². The maximum absolute atomic E-state index is 13.8.